The first-order chi connectivity index (χ1) is 12.1. The van der Waals surface area contributed by atoms with Crippen molar-refractivity contribution in [3.63, 3.8) is 0 Å². The molecule has 0 aliphatic carbocycles. The van der Waals surface area contributed by atoms with E-state index in [0.29, 0.717) is 17.1 Å². The lowest BCUT2D eigenvalue weighted by molar-refractivity contribution is -0.141. The number of nitrogens with zero attached hydrogens (tertiary/aromatic N) is 3. The van der Waals surface area contributed by atoms with E-state index in [4.69, 9.17) is 23.2 Å². The van der Waals surface area contributed by atoms with E-state index < -0.39 is 18.0 Å². The minimum Gasteiger partial charge on any atom is -0.465 e. The molecule has 0 saturated heterocycles. The van der Waals surface area contributed by atoms with Crippen molar-refractivity contribution in [2.24, 2.45) is 0 Å². The van der Waals surface area contributed by atoms with Crippen molar-refractivity contribution < 1.29 is 23.1 Å². The number of fused-ring (bicyclic) bond motifs is 1. The van der Waals surface area contributed by atoms with Gasteiger partial charge < -0.3 is 10.1 Å². The number of H-pyrrole nitrogens is 1. The normalized spacial score (nSPS) is 11.7. The first-order valence-corrected chi connectivity index (χ1v) is 7.78. The maximum Gasteiger partial charge on any atom is 0.433 e. The average molecular weight is 405 g/mol. The highest BCUT2D eigenvalue weighted by Crippen LogP contribution is 2.31. The van der Waals surface area contributed by atoms with Crippen LogP contribution in [0, 0.1) is 0 Å². The predicted molar refractivity (Wildman–Crippen MR) is 89.6 cm³/mol. The van der Waals surface area contributed by atoms with Crippen LogP contribution < -0.4 is 4.90 Å². The zero-order valence-electron chi connectivity index (χ0n) is 12.7. The number of pyridine rings is 1. The topological polar surface area (TPSA) is 82.1 Å². The van der Waals surface area contributed by atoms with Crippen LogP contribution in [0.1, 0.15) is 11.5 Å². The molecule has 0 aliphatic rings. The smallest absolute Gasteiger partial charge is 0.433 e. The third kappa shape index (κ3) is 3.68. The Morgan fingerprint density at radius 1 is 1.23 bits per heavy atom. The molecule has 0 fully saturated rings. The second kappa shape index (κ2) is 6.65. The van der Waals surface area contributed by atoms with Crippen molar-refractivity contribution in [3.8, 4) is 0 Å². The number of amides is 1. The van der Waals surface area contributed by atoms with E-state index in [9.17, 15) is 23.1 Å². The fourth-order valence-electron chi connectivity index (χ4n) is 2.29. The predicted octanol–water partition coefficient (Wildman–Crippen LogP) is 4.97. The van der Waals surface area contributed by atoms with Gasteiger partial charge in [-0.3, -0.25) is 9.88 Å². The van der Waals surface area contributed by atoms with Crippen LogP contribution in [0.15, 0.2) is 30.5 Å². The molecule has 0 saturated carbocycles. The largest absolute Gasteiger partial charge is 0.465 e. The first kappa shape index (κ1) is 18.3. The Morgan fingerprint density at radius 3 is 2.58 bits per heavy atom. The zero-order chi connectivity index (χ0) is 19.1. The van der Waals surface area contributed by atoms with Gasteiger partial charge >= 0.3 is 12.3 Å². The molecule has 0 atom stereocenters. The van der Waals surface area contributed by atoms with Crippen LogP contribution in [0.3, 0.4) is 0 Å². The minimum atomic E-state index is -4.69. The number of benzene rings is 1. The van der Waals surface area contributed by atoms with Crippen molar-refractivity contribution in [3.05, 3.63) is 52.0 Å². The summed E-state index contributed by atoms with van der Waals surface area (Å²) in [6, 6.07) is 4.85. The molecule has 26 heavy (non-hydrogen) atoms. The Labute approximate surface area is 154 Å². The molecular formula is C15H9Cl2F3N4O2. The number of hydrogen-bond acceptors (Lipinski definition) is 3. The third-order valence-electron chi connectivity index (χ3n) is 3.46. The monoisotopic (exact) mass is 404 g/mol. The van der Waals surface area contributed by atoms with Gasteiger partial charge in [0, 0.05) is 6.20 Å². The fourth-order valence-corrected chi connectivity index (χ4v) is 2.62. The van der Waals surface area contributed by atoms with Crippen LogP contribution >= 0.6 is 23.2 Å². The average Bonchev–Trinajstić information content (AvgIpc) is 2.93. The Balaban J connectivity index is 1.96. The van der Waals surface area contributed by atoms with Gasteiger partial charge in [-0.25, -0.2) is 9.78 Å². The number of alkyl halides is 3. The summed E-state index contributed by atoms with van der Waals surface area (Å²) >= 11 is 11.8. The summed E-state index contributed by atoms with van der Waals surface area (Å²) in [5.74, 6) is 0.214. The van der Waals surface area contributed by atoms with E-state index in [1.54, 1.807) is 0 Å². The van der Waals surface area contributed by atoms with Gasteiger partial charge in [-0.2, -0.15) is 13.2 Å². The van der Waals surface area contributed by atoms with Crippen molar-refractivity contribution in [2.45, 2.75) is 12.7 Å². The van der Waals surface area contributed by atoms with Gasteiger partial charge in [0.05, 0.1) is 33.3 Å². The van der Waals surface area contributed by atoms with Crippen LogP contribution in [0.25, 0.3) is 11.0 Å². The van der Waals surface area contributed by atoms with Crippen LogP contribution in [0.5, 0.6) is 0 Å². The van der Waals surface area contributed by atoms with E-state index in [-0.39, 0.29) is 28.1 Å². The molecule has 136 valence electrons. The molecule has 0 unspecified atom stereocenters. The zero-order valence-corrected chi connectivity index (χ0v) is 14.2. The Bertz CT molecular complexity index is 952. The molecule has 0 radical (unpaired) electrons. The number of imidazole rings is 1. The van der Waals surface area contributed by atoms with Crippen LogP contribution in [-0.4, -0.2) is 26.2 Å². The third-order valence-corrected chi connectivity index (χ3v) is 4.18. The van der Waals surface area contributed by atoms with E-state index in [1.807, 2.05) is 0 Å². The molecule has 2 N–H and O–H groups in total. The lowest BCUT2D eigenvalue weighted by Gasteiger charge is -2.19. The van der Waals surface area contributed by atoms with E-state index >= 15 is 0 Å². The SMILES string of the molecule is O=C(O)N(Cc1nc2cc(Cl)c(Cl)cc2[nH]1)c1ccnc(C(F)(F)F)c1. The van der Waals surface area contributed by atoms with E-state index in [0.717, 1.165) is 11.1 Å². The first-order valence-electron chi connectivity index (χ1n) is 7.02. The Kier molecular flexibility index (Phi) is 4.68. The Hall–Kier alpha value is -2.52. The number of aromatic amines is 1. The quantitative estimate of drug-likeness (QED) is 0.645. The molecule has 1 aromatic carbocycles. The molecule has 1 amide bonds. The van der Waals surface area contributed by atoms with Crippen LogP contribution in [-0.2, 0) is 12.7 Å². The summed E-state index contributed by atoms with van der Waals surface area (Å²) < 4.78 is 38.4. The number of halogens is 5. The number of anilines is 1. The molecule has 3 rings (SSSR count). The summed E-state index contributed by atoms with van der Waals surface area (Å²) in [5, 5.41) is 9.95. The number of carbonyl (C=O) groups is 1. The second-order valence-corrected chi connectivity index (χ2v) is 6.05. The molecule has 6 nitrogen and oxygen atoms in total. The molecule has 0 bridgehead atoms. The highest BCUT2D eigenvalue weighted by molar-refractivity contribution is 6.42. The van der Waals surface area contributed by atoms with E-state index in [1.165, 1.54) is 18.2 Å². The number of rotatable bonds is 3. The van der Waals surface area contributed by atoms with E-state index in [2.05, 4.69) is 15.0 Å². The highest BCUT2D eigenvalue weighted by atomic mass is 35.5. The van der Waals surface area contributed by atoms with Crippen molar-refractivity contribution in [1.82, 2.24) is 15.0 Å². The lowest BCUT2D eigenvalue weighted by atomic mass is 10.3. The molecule has 2 aromatic heterocycles. The van der Waals surface area contributed by atoms with Gasteiger partial charge in [0.1, 0.15) is 11.5 Å². The second-order valence-electron chi connectivity index (χ2n) is 5.23. The van der Waals surface area contributed by atoms with Gasteiger partial charge in [-0.05, 0) is 24.3 Å². The lowest BCUT2D eigenvalue weighted by Crippen LogP contribution is -2.29. The van der Waals surface area contributed by atoms with Gasteiger partial charge in [-0.15, -0.1) is 0 Å². The molecule has 0 spiro atoms. The summed E-state index contributed by atoms with van der Waals surface area (Å²) in [7, 11) is 0. The maximum atomic E-state index is 12.8. The summed E-state index contributed by atoms with van der Waals surface area (Å²) in [4.78, 5) is 22.5. The van der Waals surface area contributed by atoms with Crippen molar-refractivity contribution in [1.29, 1.82) is 0 Å². The van der Waals surface area contributed by atoms with Crippen LogP contribution in [0.2, 0.25) is 10.0 Å². The minimum absolute atomic E-state index is 0.184. The molecule has 2 heterocycles. The molecule has 11 heteroatoms. The van der Waals surface area contributed by atoms with Gasteiger partial charge in [-0.1, -0.05) is 23.2 Å². The number of aromatic nitrogens is 3. The number of hydrogen-bond donors (Lipinski definition) is 2. The summed E-state index contributed by atoms with van der Waals surface area (Å²) in [5.41, 5.74) is -0.406. The fraction of sp³-hybridized carbons (Fsp3) is 0.133. The molecule has 3 aromatic rings. The van der Waals surface area contributed by atoms with Gasteiger partial charge in [0.25, 0.3) is 0 Å². The molecular weight excluding hydrogens is 396 g/mol. The highest BCUT2D eigenvalue weighted by Gasteiger charge is 2.33. The standard InChI is InChI=1S/C15H9Cl2F3N4O2/c16-8-4-10-11(5-9(8)17)23-13(22-10)6-24(14(25)26)7-1-2-21-12(3-7)15(18,19)20/h1-5H,6H2,(H,22,23)(H,25,26). The number of nitrogens with one attached hydrogen (secondary N) is 1. The summed E-state index contributed by atoms with van der Waals surface area (Å²) in [6.45, 7) is -0.305. The molecule has 0 aliphatic heterocycles. The van der Waals surface area contributed by atoms with Crippen LogP contribution in [0.4, 0.5) is 23.7 Å². The van der Waals surface area contributed by atoms with Crippen molar-refractivity contribution in [2.75, 3.05) is 4.90 Å². The van der Waals surface area contributed by atoms with Gasteiger partial charge in [0.15, 0.2) is 0 Å². The maximum absolute atomic E-state index is 12.8. The van der Waals surface area contributed by atoms with Gasteiger partial charge in [0.2, 0.25) is 0 Å². The Morgan fingerprint density at radius 2 is 1.92 bits per heavy atom. The number of carboxylic acid groups (broad SMARTS) is 1. The summed E-state index contributed by atoms with van der Waals surface area (Å²) in [6.07, 6.45) is -5.24. The van der Waals surface area contributed by atoms with Crippen molar-refractivity contribution >= 4 is 46.0 Å².